The molecule has 0 spiro atoms. The number of carbonyl (C=O) groups is 2. The van der Waals surface area contributed by atoms with Gasteiger partial charge in [0.2, 0.25) is 5.91 Å². The van der Waals surface area contributed by atoms with Crippen LogP contribution in [0.2, 0.25) is 0 Å². The number of amides is 2. The molecule has 0 unspecified atom stereocenters. The van der Waals surface area contributed by atoms with E-state index >= 15 is 0 Å². The summed E-state index contributed by atoms with van der Waals surface area (Å²) in [6, 6.07) is 8.76. The van der Waals surface area contributed by atoms with Crippen LogP contribution in [-0.2, 0) is 4.79 Å². The number of anilines is 1. The number of hydrogen-bond donors (Lipinski definition) is 1. The van der Waals surface area contributed by atoms with E-state index in [1.807, 2.05) is 0 Å². The van der Waals surface area contributed by atoms with Gasteiger partial charge in [0.1, 0.15) is 5.82 Å². The molecule has 7 heteroatoms. The molecular formula is C20H21FN2O4. The summed E-state index contributed by atoms with van der Waals surface area (Å²) in [7, 11) is 6.15. The second kappa shape index (κ2) is 8.84. The molecule has 27 heavy (non-hydrogen) atoms. The van der Waals surface area contributed by atoms with E-state index < -0.39 is 5.91 Å². The van der Waals surface area contributed by atoms with Crippen molar-refractivity contribution in [3.63, 3.8) is 0 Å². The van der Waals surface area contributed by atoms with Gasteiger partial charge in [-0.1, -0.05) is 12.1 Å². The standard InChI is InChI=1S/C20H21FN2O4/c1-23(2)20(25)15-11-17(26-3)18(27-4)12-16(15)22-19(24)10-7-13-5-8-14(21)9-6-13/h5-12H,1-4H3,(H,22,24)/b10-7+. The molecule has 0 saturated heterocycles. The Hall–Kier alpha value is -3.35. The van der Waals surface area contributed by atoms with Gasteiger partial charge in [-0.15, -0.1) is 0 Å². The third-order valence-corrected chi connectivity index (χ3v) is 3.72. The topological polar surface area (TPSA) is 67.9 Å². The first-order valence-electron chi connectivity index (χ1n) is 8.08. The largest absolute Gasteiger partial charge is 0.493 e. The zero-order valence-electron chi connectivity index (χ0n) is 15.6. The van der Waals surface area contributed by atoms with Crippen molar-refractivity contribution in [2.75, 3.05) is 33.6 Å². The third kappa shape index (κ3) is 5.07. The number of halogens is 1. The summed E-state index contributed by atoms with van der Waals surface area (Å²) < 4.78 is 23.4. The van der Waals surface area contributed by atoms with Crippen LogP contribution >= 0.6 is 0 Å². The van der Waals surface area contributed by atoms with Gasteiger partial charge in [-0.2, -0.15) is 0 Å². The fourth-order valence-corrected chi connectivity index (χ4v) is 2.32. The van der Waals surface area contributed by atoms with Crippen molar-refractivity contribution in [3.05, 3.63) is 59.4 Å². The number of benzene rings is 2. The summed E-state index contributed by atoms with van der Waals surface area (Å²) in [5.41, 5.74) is 1.23. The maximum atomic E-state index is 12.9. The predicted molar refractivity (Wildman–Crippen MR) is 102 cm³/mol. The van der Waals surface area contributed by atoms with E-state index in [0.717, 1.165) is 0 Å². The molecule has 0 heterocycles. The number of nitrogens with zero attached hydrogens (tertiary/aromatic N) is 1. The molecule has 0 aliphatic carbocycles. The number of nitrogens with one attached hydrogen (secondary N) is 1. The highest BCUT2D eigenvalue weighted by Gasteiger charge is 2.19. The van der Waals surface area contributed by atoms with Gasteiger partial charge in [-0.05, 0) is 29.8 Å². The molecule has 0 fully saturated rings. The lowest BCUT2D eigenvalue weighted by Crippen LogP contribution is -2.24. The highest BCUT2D eigenvalue weighted by Crippen LogP contribution is 2.34. The molecule has 1 N–H and O–H groups in total. The van der Waals surface area contributed by atoms with Crippen LogP contribution in [0.15, 0.2) is 42.5 Å². The van der Waals surface area contributed by atoms with Crippen molar-refractivity contribution < 1.29 is 23.5 Å². The summed E-state index contributed by atoms with van der Waals surface area (Å²) in [6.07, 6.45) is 2.84. The van der Waals surface area contributed by atoms with Crippen LogP contribution in [0.4, 0.5) is 10.1 Å². The monoisotopic (exact) mass is 372 g/mol. The highest BCUT2D eigenvalue weighted by molar-refractivity contribution is 6.08. The highest BCUT2D eigenvalue weighted by atomic mass is 19.1. The summed E-state index contributed by atoms with van der Waals surface area (Å²) in [4.78, 5) is 26.1. The van der Waals surface area contributed by atoms with E-state index in [1.165, 1.54) is 49.5 Å². The second-order valence-corrected chi connectivity index (χ2v) is 5.83. The normalized spacial score (nSPS) is 10.6. The van der Waals surface area contributed by atoms with Crippen molar-refractivity contribution in [2.24, 2.45) is 0 Å². The Labute approximate surface area is 157 Å². The Bertz CT molecular complexity index is 861. The van der Waals surface area contributed by atoms with Crippen molar-refractivity contribution in [3.8, 4) is 11.5 Å². The number of ether oxygens (including phenoxy) is 2. The van der Waals surface area contributed by atoms with Crippen molar-refractivity contribution in [1.29, 1.82) is 0 Å². The van der Waals surface area contributed by atoms with Crippen LogP contribution in [0, 0.1) is 5.82 Å². The predicted octanol–water partition coefficient (Wildman–Crippen LogP) is 3.20. The summed E-state index contributed by atoms with van der Waals surface area (Å²) in [6.45, 7) is 0. The minimum atomic E-state index is -0.445. The van der Waals surface area contributed by atoms with Crippen LogP contribution in [0.3, 0.4) is 0 Å². The Morgan fingerprint density at radius 3 is 2.19 bits per heavy atom. The van der Waals surface area contributed by atoms with Crippen LogP contribution in [0.5, 0.6) is 11.5 Å². The van der Waals surface area contributed by atoms with Crippen LogP contribution in [-0.4, -0.2) is 45.0 Å². The van der Waals surface area contributed by atoms with E-state index in [4.69, 9.17) is 9.47 Å². The Morgan fingerprint density at radius 2 is 1.63 bits per heavy atom. The Kier molecular flexibility index (Phi) is 6.54. The molecule has 142 valence electrons. The Morgan fingerprint density at radius 1 is 1.04 bits per heavy atom. The van der Waals surface area contributed by atoms with Gasteiger partial charge in [0.15, 0.2) is 11.5 Å². The lowest BCUT2D eigenvalue weighted by atomic mass is 10.1. The van der Waals surface area contributed by atoms with Crippen molar-refractivity contribution in [2.45, 2.75) is 0 Å². The molecule has 0 aliphatic rings. The number of methoxy groups -OCH3 is 2. The lowest BCUT2D eigenvalue weighted by molar-refractivity contribution is -0.111. The minimum Gasteiger partial charge on any atom is -0.493 e. The smallest absolute Gasteiger partial charge is 0.255 e. The summed E-state index contributed by atoms with van der Waals surface area (Å²) >= 11 is 0. The summed E-state index contributed by atoms with van der Waals surface area (Å²) in [5.74, 6) is -0.338. The average molecular weight is 372 g/mol. The fourth-order valence-electron chi connectivity index (χ4n) is 2.32. The van der Waals surface area contributed by atoms with Crippen molar-refractivity contribution in [1.82, 2.24) is 4.90 Å². The third-order valence-electron chi connectivity index (χ3n) is 3.72. The molecule has 0 saturated carbocycles. The van der Waals surface area contributed by atoms with E-state index in [-0.39, 0.29) is 17.3 Å². The molecule has 0 atom stereocenters. The number of carbonyl (C=O) groups excluding carboxylic acids is 2. The van der Waals surface area contributed by atoms with E-state index in [1.54, 1.807) is 32.3 Å². The molecular weight excluding hydrogens is 351 g/mol. The quantitative estimate of drug-likeness (QED) is 0.791. The van der Waals surface area contributed by atoms with Gasteiger partial charge >= 0.3 is 0 Å². The minimum absolute atomic E-state index is 0.265. The molecule has 0 radical (unpaired) electrons. The van der Waals surface area contributed by atoms with E-state index in [0.29, 0.717) is 22.7 Å². The van der Waals surface area contributed by atoms with Gasteiger partial charge in [0.25, 0.3) is 5.91 Å². The number of rotatable bonds is 6. The number of hydrogen-bond acceptors (Lipinski definition) is 4. The maximum Gasteiger partial charge on any atom is 0.255 e. The van der Waals surface area contributed by atoms with Crippen LogP contribution in [0.25, 0.3) is 6.08 Å². The first-order valence-corrected chi connectivity index (χ1v) is 8.08. The van der Waals surface area contributed by atoms with Crippen LogP contribution < -0.4 is 14.8 Å². The Balaban J connectivity index is 2.30. The second-order valence-electron chi connectivity index (χ2n) is 5.83. The SMILES string of the molecule is COc1cc(NC(=O)/C=C/c2ccc(F)cc2)c(C(=O)N(C)C)cc1OC. The van der Waals surface area contributed by atoms with Gasteiger partial charge in [-0.3, -0.25) is 9.59 Å². The van der Waals surface area contributed by atoms with E-state index in [2.05, 4.69) is 5.32 Å². The zero-order valence-corrected chi connectivity index (χ0v) is 15.6. The van der Waals surface area contributed by atoms with Gasteiger partial charge in [0, 0.05) is 26.2 Å². The molecule has 2 rings (SSSR count). The fraction of sp³-hybridized carbons (Fsp3) is 0.200. The van der Waals surface area contributed by atoms with E-state index in [9.17, 15) is 14.0 Å². The van der Waals surface area contributed by atoms with Crippen LogP contribution in [0.1, 0.15) is 15.9 Å². The molecule has 2 aromatic carbocycles. The van der Waals surface area contributed by atoms with Gasteiger partial charge in [0.05, 0.1) is 25.5 Å². The molecule has 2 amide bonds. The van der Waals surface area contributed by atoms with Crippen molar-refractivity contribution >= 4 is 23.6 Å². The zero-order chi connectivity index (χ0) is 20.0. The lowest BCUT2D eigenvalue weighted by Gasteiger charge is -2.17. The molecule has 0 bridgehead atoms. The average Bonchev–Trinajstić information content (AvgIpc) is 2.66. The summed E-state index contributed by atoms with van der Waals surface area (Å²) in [5, 5.41) is 2.67. The first kappa shape index (κ1) is 20.0. The molecule has 2 aromatic rings. The molecule has 0 aliphatic heterocycles. The first-order chi connectivity index (χ1) is 12.8. The van der Waals surface area contributed by atoms with Gasteiger partial charge < -0.3 is 19.7 Å². The molecule has 6 nitrogen and oxygen atoms in total. The molecule has 0 aromatic heterocycles. The maximum absolute atomic E-state index is 12.9. The van der Waals surface area contributed by atoms with Gasteiger partial charge in [-0.25, -0.2) is 4.39 Å².